The van der Waals surface area contributed by atoms with Crippen molar-refractivity contribution in [2.45, 2.75) is 0 Å². The maximum Gasteiger partial charge on any atom is 0.138 e. The molecule has 0 radical (unpaired) electrons. The van der Waals surface area contributed by atoms with Crippen molar-refractivity contribution in [3.8, 4) is 39.3 Å². The number of para-hydroxylation sites is 1. The highest BCUT2D eigenvalue weighted by Crippen LogP contribution is 2.39. The predicted octanol–water partition coefficient (Wildman–Crippen LogP) is 10.4. The highest BCUT2D eigenvalue weighted by Gasteiger charge is 2.17. The SMILES string of the molecule is c1ccc(-c2ccc(-c3cc(-c4ccccc4)nc(-n4c5ccccc5c5c6sccc6ccc54)c3)cc2)cc1. The third kappa shape index (κ3) is 3.75. The van der Waals surface area contributed by atoms with Gasteiger partial charge in [0.25, 0.3) is 0 Å². The number of fused-ring (bicyclic) bond motifs is 5. The summed E-state index contributed by atoms with van der Waals surface area (Å²) in [4.78, 5) is 5.27. The average Bonchev–Trinajstić information content (AvgIpc) is 3.64. The molecule has 0 unspecified atom stereocenters. The summed E-state index contributed by atoms with van der Waals surface area (Å²) in [6.07, 6.45) is 0. The highest BCUT2D eigenvalue weighted by molar-refractivity contribution is 7.18. The van der Waals surface area contributed by atoms with Crippen LogP contribution in [0.3, 0.4) is 0 Å². The molecule has 2 nitrogen and oxygen atoms in total. The van der Waals surface area contributed by atoms with Gasteiger partial charge in [-0.25, -0.2) is 4.98 Å². The van der Waals surface area contributed by atoms with Crippen molar-refractivity contribution in [1.82, 2.24) is 9.55 Å². The number of rotatable bonds is 4. The van der Waals surface area contributed by atoms with Crippen LogP contribution in [-0.2, 0) is 0 Å². The van der Waals surface area contributed by atoms with Crippen LogP contribution in [0.15, 0.2) is 145 Å². The quantitative estimate of drug-likeness (QED) is 0.222. The normalized spacial score (nSPS) is 11.5. The first kappa shape index (κ1) is 22.9. The molecule has 3 heteroatoms. The maximum atomic E-state index is 5.27. The second-order valence-corrected chi connectivity index (χ2v) is 11.0. The molecule has 0 bridgehead atoms. The van der Waals surface area contributed by atoms with E-state index in [1.807, 2.05) is 0 Å². The molecular weight excluding hydrogens is 504 g/mol. The Balaban J connectivity index is 1.38. The molecule has 3 heterocycles. The Morgan fingerprint density at radius 3 is 1.93 bits per heavy atom. The minimum atomic E-state index is 0.922. The third-order valence-electron chi connectivity index (χ3n) is 7.69. The first-order valence-corrected chi connectivity index (χ1v) is 14.3. The van der Waals surface area contributed by atoms with Crippen molar-refractivity contribution < 1.29 is 0 Å². The molecule has 0 fully saturated rings. The summed E-state index contributed by atoms with van der Waals surface area (Å²) >= 11 is 1.81. The van der Waals surface area contributed by atoms with Crippen LogP contribution in [0, 0.1) is 0 Å². The zero-order chi connectivity index (χ0) is 26.5. The molecule has 0 saturated heterocycles. The Morgan fingerprint density at radius 1 is 0.500 bits per heavy atom. The van der Waals surface area contributed by atoms with E-state index in [2.05, 4.69) is 149 Å². The number of aromatic nitrogens is 2. The van der Waals surface area contributed by atoms with Crippen molar-refractivity contribution in [1.29, 1.82) is 0 Å². The second-order valence-electron chi connectivity index (χ2n) is 10.1. The largest absolute Gasteiger partial charge is 0.294 e. The lowest BCUT2D eigenvalue weighted by atomic mass is 9.99. The zero-order valence-corrected chi connectivity index (χ0v) is 22.5. The first-order chi connectivity index (χ1) is 19.8. The molecule has 0 atom stereocenters. The third-order valence-corrected chi connectivity index (χ3v) is 8.64. The minimum absolute atomic E-state index is 0.922. The van der Waals surface area contributed by atoms with Gasteiger partial charge in [0.15, 0.2) is 0 Å². The second kappa shape index (κ2) is 9.33. The predicted molar refractivity (Wildman–Crippen MR) is 170 cm³/mol. The smallest absolute Gasteiger partial charge is 0.138 e. The Morgan fingerprint density at radius 2 is 1.15 bits per heavy atom. The fraction of sp³-hybridized carbons (Fsp3) is 0. The van der Waals surface area contributed by atoms with Crippen LogP contribution >= 0.6 is 11.3 Å². The molecule has 188 valence electrons. The molecule has 0 N–H and O–H groups in total. The Hall–Kier alpha value is -4.99. The molecular formula is C37H24N2S. The topological polar surface area (TPSA) is 17.8 Å². The van der Waals surface area contributed by atoms with Crippen LogP contribution < -0.4 is 0 Å². The van der Waals surface area contributed by atoms with Crippen molar-refractivity contribution in [3.05, 3.63) is 145 Å². The molecule has 3 aromatic heterocycles. The van der Waals surface area contributed by atoms with Crippen molar-refractivity contribution in [2.75, 3.05) is 0 Å². The zero-order valence-electron chi connectivity index (χ0n) is 21.7. The Bertz CT molecular complexity index is 2140. The monoisotopic (exact) mass is 528 g/mol. The van der Waals surface area contributed by atoms with E-state index in [9.17, 15) is 0 Å². The molecule has 0 saturated carbocycles. The first-order valence-electron chi connectivity index (χ1n) is 13.5. The van der Waals surface area contributed by atoms with Gasteiger partial charge in [-0.2, -0.15) is 0 Å². The molecule has 0 spiro atoms. The van der Waals surface area contributed by atoms with E-state index in [-0.39, 0.29) is 0 Å². The van der Waals surface area contributed by atoms with Gasteiger partial charge in [0, 0.05) is 21.0 Å². The van der Waals surface area contributed by atoms with E-state index in [1.165, 1.54) is 48.6 Å². The number of hydrogen-bond donors (Lipinski definition) is 0. The molecule has 0 amide bonds. The molecule has 5 aromatic carbocycles. The van der Waals surface area contributed by atoms with E-state index in [0.717, 1.165) is 22.6 Å². The van der Waals surface area contributed by atoms with Gasteiger partial charge in [-0.1, -0.05) is 109 Å². The molecule has 0 aliphatic heterocycles. The van der Waals surface area contributed by atoms with E-state index >= 15 is 0 Å². The Labute approximate surface area is 236 Å². The lowest BCUT2D eigenvalue weighted by Gasteiger charge is -2.13. The number of nitrogens with zero attached hydrogens (tertiary/aromatic N) is 2. The number of benzene rings is 5. The summed E-state index contributed by atoms with van der Waals surface area (Å²) in [5, 5.41) is 6.02. The standard InChI is InChI=1S/C37H24N2S/c1-3-9-25(10-4-1)26-15-17-27(18-16-26)30-23-32(28-11-5-2-6-12-28)38-35(24-30)39-33-14-8-7-13-31(33)36-34(39)20-19-29-21-22-40-37(29)36/h1-24H. The van der Waals surface area contributed by atoms with E-state index < -0.39 is 0 Å². The maximum absolute atomic E-state index is 5.27. The molecule has 0 aliphatic rings. The summed E-state index contributed by atoms with van der Waals surface area (Å²) in [5.41, 5.74) is 9.16. The van der Waals surface area contributed by atoms with E-state index in [0.29, 0.717) is 0 Å². The van der Waals surface area contributed by atoms with Crippen LogP contribution in [0.1, 0.15) is 0 Å². The van der Waals surface area contributed by atoms with Gasteiger partial charge < -0.3 is 0 Å². The van der Waals surface area contributed by atoms with Gasteiger partial charge in [0.2, 0.25) is 0 Å². The van der Waals surface area contributed by atoms with Crippen LogP contribution in [-0.4, -0.2) is 9.55 Å². The van der Waals surface area contributed by atoms with Gasteiger partial charge in [0.05, 0.1) is 16.7 Å². The van der Waals surface area contributed by atoms with Crippen LogP contribution in [0.25, 0.3) is 71.2 Å². The van der Waals surface area contributed by atoms with Crippen molar-refractivity contribution in [3.63, 3.8) is 0 Å². The lowest BCUT2D eigenvalue weighted by molar-refractivity contribution is 1.08. The summed E-state index contributed by atoms with van der Waals surface area (Å²) < 4.78 is 3.65. The highest BCUT2D eigenvalue weighted by atomic mass is 32.1. The van der Waals surface area contributed by atoms with Crippen LogP contribution in [0.5, 0.6) is 0 Å². The summed E-state index contributed by atoms with van der Waals surface area (Å²) in [5.74, 6) is 0.922. The molecule has 40 heavy (non-hydrogen) atoms. The Kier molecular flexibility index (Phi) is 5.35. The van der Waals surface area contributed by atoms with Gasteiger partial charge in [-0.15, -0.1) is 11.3 Å². The fourth-order valence-electron chi connectivity index (χ4n) is 5.76. The molecule has 8 rings (SSSR count). The van der Waals surface area contributed by atoms with E-state index in [1.54, 1.807) is 11.3 Å². The van der Waals surface area contributed by atoms with Gasteiger partial charge in [-0.3, -0.25) is 4.57 Å². The molecule has 8 aromatic rings. The number of pyridine rings is 1. The number of thiophene rings is 1. The van der Waals surface area contributed by atoms with Gasteiger partial charge in [-0.05, 0) is 63.4 Å². The summed E-state index contributed by atoms with van der Waals surface area (Å²) in [6, 6.07) is 49.7. The van der Waals surface area contributed by atoms with Crippen molar-refractivity contribution >= 4 is 43.2 Å². The van der Waals surface area contributed by atoms with E-state index in [4.69, 9.17) is 4.98 Å². The van der Waals surface area contributed by atoms with Crippen molar-refractivity contribution in [2.24, 2.45) is 0 Å². The number of hydrogen-bond acceptors (Lipinski definition) is 2. The van der Waals surface area contributed by atoms with Gasteiger partial charge in [0.1, 0.15) is 5.82 Å². The lowest BCUT2D eigenvalue weighted by Crippen LogP contribution is -2.00. The minimum Gasteiger partial charge on any atom is -0.294 e. The fourth-order valence-corrected chi connectivity index (χ4v) is 6.72. The summed E-state index contributed by atoms with van der Waals surface area (Å²) in [6.45, 7) is 0. The summed E-state index contributed by atoms with van der Waals surface area (Å²) in [7, 11) is 0. The average molecular weight is 529 g/mol. The van der Waals surface area contributed by atoms with Crippen LogP contribution in [0.4, 0.5) is 0 Å². The van der Waals surface area contributed by atoms with Crippen LogP contribution in [0.2, 0.25) is 0 Å². The van der Waals surface area contributed by atoms with Gasteiger partial charge >= 0.3 is 0 Å². The molecule has 0 aliphatic carbocycles.